The monoisotopic (exact) mass is 1440 g/mol. The first-order valence-corrected chi connectivity index (χ1v) is 34.2. The van der Waals surface area contributed by atoms with Gasteiger partial charge < -0.3 is 96.6 Å². The highest BCUT2D eigenvalue weighted by Gasteiger charge is 2.40. The molecule has 11 amide bonds. The van der Waals surface area contributed by atoms with Crippen LogP contribution in [0.25, 0.3) is 21.7 Å². The molecule has 1 fully saturated rings. The number of aromatic hydroxyl groups is 1. The standard InChI is InChI=1S/C72H93FN18O13/c1-40(2)31-54(63(97)85-53(16-9-29-80-72(77)78)70(104)91-30-10-17-60(91)69(103)82-38-61(74)95)86-62(96)52(15-8-28-79-71(75)76)84-65(99)56(34-43-21-26-49(94)27-22-43)88-68(102)59(39-92)90-67(101)58(36-47-37-81-51-14-7-6-13-50(47)51)89-66(100)57(33-42-19-24-48(73)25-20-42)87-64(98)55(83-41(3)93)35-44-18-23-45-11-4-5-12-46(45)32-44/h4-7,11-14,18-27,32,37,40,52-60,81,92,94H,8-10,15-17,28-31,33-36,38-39H2,1-3H3,(H2,74,95)(H,82,103)(H,83,93)(H,84,99)(H,85,97)(H,86,96)(H,87,98)(H,88,102)(H,89,100)(H,90,101)(H4,75,76,79)(H4,77,78,80)/t52-,53-,54-,55+,56-,57+,58-,59-,60-/m0/s1. The second-order valence-corrected chi connectivity index (χ2v) is 25.9. The Balaban J connectivity index is 1.15. The maximum atomic E-state index is 15.0. The zero-order valence-corrected chi connectivity index (χ0v) is 58.1. The van der Waals surface area contributed by atoms with E-state index in [1.807, 2.05) is 36.4 Å². The van der Waals surface area contributed by atoms with E-state index in [2.05, 4.69) is 62.8 Å². The number of carbonyl (C=O) groups excluding carboxylic acids is 11. The Bertz CT molecular complexity index is 4070. The van der Waals surface area contributed by atoms with Gasteiger partial charge >= 0.3 is 0 Å². The number of benzene rings is 5. The topological polar surface area (TPSA) is 510 Å². The van der Waals surface area contributed by atoms with Gasteiger partial charge in [-0.25, -0.2) is 4.39 Å². The number of primary amides is 1. The first-order valence-electron chi connectivity index (χ1n) is 34.2. The molecule has 0 unspecified atom stereocenters. The number of carbonyl (C=O) groups is 11. The SMILES string of the molecule is CC(=O)N[C@H](Cc1ccc2ccccc2c1)C(=O)N[C@H](Cc1ccc(F)cc1)C(=O)N[C@@H](Cc1c[nH]c2ccccc12)C(=O)N[C@@H](CO)C(=O)N[C@@H](Cc1ccc(O)cc1)C(=O)N[C@@H](CCCN=C(N)N)C(=O)N[C@@H](CC(C)C)C(=O)N[C@@H](CCCN=C(N)N)C(=O)N1CCC[C@H]1C(=O)NCC(N)=O. The molecule has 7 rings (SSSR count). The number of phenols is 1. The number of aromatic amines is 1. The van der Waals surface area contributed by atoms with Gasteiger partial charge in [0.05, 0.1) is 13.2 Å². The summed E-state index contributed by atoms with van der Waals surface area (Å²) in [7, 11) is 0. The summed E-state index contributed by atoms with van der Waals surface area (Å²) in [6.07, 6.45) is 1.43. The quantitative estimate of drug-likeness (QED) is 0.0127. The molecular weight excluding hydrogens is 1340 g/mol. The maximum Gasteiger partial charge on any atom is 0.245 e. The third kappa shape index (κ3) is 24.5. The summed E-state index contributed by atoms with van der Waals surface area (Å²) in [5.74, 6) is -10.7. The normalized spacial score (nSPS) is 14.9. The number of nitrogens with zero attached hydrogens (tertiary/aromatic N) is 3. The van der Waals surface area contributed by atoms with Crippen molar-refractivity contribution < 1.29 is 67.3 Å². The van der Waals surface area contributed by atoms with Crippen LogP contribution in [0.1, 0.15) is 88.0 Å². The fraction of sp³-hybridized carbons (Fsp3) is 0.403. The molecule has 5 aromatic carbocycles. The summed E-state index contributed by atoms with van der Waals surface area (Å²) in [4.78, 5) is 168. The minimum atomic E-state index is -1.87. The van der Waals surface area contributed by atoms with Crippen LogP contribution in [-0.4, -0.2) is 184 Å². The van der Waals surface area contributed by atoms with Gasteiger partial charge in [0.25, 0.3) is 0 Å². The average molecular weight is 1440 g/mol. The molecule has 1 saturated heterocycles. The largest absolute Gasteiger partial charge is 0.508 e. The molecule has 1 aliphatic heterocycles. The van der Waals surface area contributed by atoms with E-state index in [4.69, 9.17) is 28.7 Å². The average Bonchev–Trinajstić information content (AvgIpc) is 1.04. The Morgan fingerprint density at radius 1 is 0.558 bits per heavy atom. The van der Waals surface area contributed by atoms with Crippen molar-refractivity contribution in [2.45, 2.75) is 146 Å². The number of aromatic nitrogens is 1. The van der Waals surface area contributed by atoms with Crippen LogP contribution in [-0.2, 0) is 78.4 Å². The summed E-state index contributed by atoms with van der Waals surface area (Å²) in [6.45, 7) is 3.35. The first kappa shape index (κ1) is 79.6. The van der Waals surface area contributed by atoms with Crippen LogP contribution >= 0.6 is 0 Å². The van der Waals surface area contributed by atoms with Crippen LogP contribution in [0.15, 0.2) is 131 Å². The number of nitrogens with one attached hydrogen (secondary N) is 10. The number of aliphatic hydroxyl groups is 1. The molecule has 104 heavy (non-hydrogen) atoms. The molecule has 1 aromatic heterocycles. The van der Waals surface area contributed by atoms with E-state index in [1.54, 1.807) is 50.4 Å². The van der Waals surface area contributed by atoms with Crippen LogP contribution in [0.5, 0.6) is 5.75 Å². The van der Waals surface area contributed by atoms with Crippen LogP contribution in [0, 0.1) is 11.7 Å². The number of H-pyrrole nitrogens is 1. The van der Waals surface area contributed by atoms with Crippen LogP contribution < -0.4 is 76.5 Å². The molecule has 0 radical (unpaired) electrons. The van der Waals surface area contributed by atoms with Crippen molar-refractivity contribution in [3.05, 3.63) is 150 Å². The number of hydrogen-bond acceptors (Lipinski definition) is 15. The Morgan fingerprint density at radius 3 is 1.61 bits per heavy atom. The highest BCUT2D eigenvalue weighted by Crippen LogP contribution is 2.23. The first-order chi connectivity index (χ1) is 49.6. The molecule has 31 nitrogen and oxygen atoms in total. The van der Waals surface area contributed by atoms with Gasteiger partial charge in [-0.3, -0.25) is 62.7 Å². The van der Waals surface area contributed by atoms with E-state index in [0.29, 0.717) is 39.6 Å². The third-order valence-electron chi connectivity index (χ3n) is 17.2. The molecule has 32 heteroatoms. The minimum absolute atomic E-state index is 0.00248. The van der Waals surface area contributed by atoms with E-state index in [0.717, 1.165) is 22.9 Å². The van der Waals surface area contributed by atoms with Gasteiger partial charge in [-0.2, -0.15) is 0 Å². The molecule has 6 aromatic rings. The summed E-state index contributed by atoms with van der Waals surface area (Å²) in [6, 6.07) is 17.9. The highest BCUT2D eigenvalue weighted by atomic mass is 19.1. The van der Waals surface area contributed by atoms with E-state index < -0.39 is 138 Å². The predicted octanol–water partition coefficient (Wildman–Crippen LogP) is -0.927. The number of fused-ring (bicyclic) bond motifs is 2. The van der Waals surface area contributed by atoms with E-state index in [9.17, 15) is 67.3 Å². The number of halogens is 1. The number of rotatable bonds is 38. The molecule has 0 aliphatic carbocycles. The molecule has 0 spiro atoms. The van der Waals surface area contributed by atoms with Crippen molar-refractivity contribution in [3.63, 3.8) is 0 Å². The van der Waals surface area contributed by atoms with Gasteiger partial charge in [0, 0.05) is 69.3 Å². The van der Waals surface area contributed by atoms with Crippen molar-refractivity contribution in [3.8, 4) is 5.75 Å². The molecular formula is C72H93FN18O13. The van der Waals surface area contributed by atoms with Gasteiger partial charge in [0.2, 0.25) is 65.0 Å². The highest BCUT2D eigenvalue weighted by molar-refractivity contribution is 6.00. The van der Waals surface area contributed by atoms with Crippen molar-refractivity contribution in [2.75, 3.05) is 32.8 Å². The number of phenolic OH excluding ortho intramolecular Hbond substituents is 1. The fourth-order valence-corrected chi connectivity index (χ4v) is 12.1. The third-order valence-corrected chi connectivity index (χ3v) is 17.2. The van der Waals surface area contributed by atoms with Crippen LogP contribution in [0.2, 0.25) is 0 Å². The zero-order chi connectivity index (χ0) is 75.6. The Labute approximate surface area is 599 Å². The van der Waals surface area contributed by atoms with E-state index in [1.165, 1.54) is 48.2 Å². The van der Waals surface area contributed by atoms with Crippen molar-refractivity contribution in [1.82, 2.24) is 57.7 Å². The maximum absolute atomic E-state index is 15.0. The predicted molar refractivity (Wildman–Crippen MR) is 386 cm³/mol. The molecule has 556 valence electrons. The van der Waals surface area contributed by atoms with Gasteiger partial charge in [-0.15, -0.1) is 0 Å². The number of guanidine groups is 2. The van der Waals surface area contributed by atoms with Crippen molar-refractivity contribution in [2.24, 2.45) is 44.6 Å². The van der Waals surface area contributed by atoms with Crippen molar-refractivity contribution >= 4 is 98.6 Å². The summed E-state index contributed by atoms with van der Waals surface area (Å²) in [5, 5.41) is 47.5. The molecule has 0 bridgehead atoms. The van der Waals surface area contributed by atoms with Crippen molar-refractivity contribution in [1.29, 1.82) is 0 Å². The number of hydrogen-bond donors (Lipinski definition) is 17. The number of para-hydroxylation sites is 1. The Kier molecular flexibility index (Phi) is 29.8. The lowest BCUT2D eigenvalue weighted by Crippen LogP contribution is -2.61. The van der Waals surface area contributed by atoms with Crippen LogP contribution in [0.3, 0.4) is 0 Å². The lowest BCUT2D eigenvalue weighted by molar-refractivity contribution is -0.142. The second-order valence-electron chi connectivity index (χ2n) is 25.9. The lowest BCUT2D eigenvalue weighted by atomic mass is 9.99. The minimum Gasteiger partial charge on any atom is -0.508 e. The number of amides is 11. The lowest BCUT2D eigenvalue weighted by Gasteiger charge is -2.30. The van der Waals surface area contributed by atoms with Gasteiger partial charge in [0.1, 0.15) is 65.9 Å². The smallest absolute Gasteiger partial charge is 0.245 e. The zero-order valence-electron chi connectivity index (χ0n) is 58.1. The van der Waals surface area contributed by atoms with Gasteiger partial charge in [-0.05, 0) is 114 Å². The summed E-state index contributed by atoms with van der Waals surface area (Å²) >= 11 is 0. The number of aliphatic hydroxyl groups excluding tert-OH is 1. The van der Waals surface area contributed by atoms with Gasteiger partial charge in [-0.1, -0.05) is 98.8 Å². The molecule has 9 atom stereocenters. The molecule has 22 N–H and O–H groups in total. The summed E-state index contributed by atoms with van der Waals surface area (Å²) < 4.78 is 14.3. The van der Waals surface area contributed by atoms with E-state index >= 15 is 0 Å². The number of aliphatic imine (C=N–C) groups is 2. The molecule has 1 aliphatic rings. The number of likely N-dealkylation sites (tertiary alicyclic amines) is 1. The second kappa shape index (κ2) is 38.9. The number of nitrogens with two attached hydrogens (primary N) is 5. The summed E-state index contributed by atoms with van der Waals surface area (Å²) in [5.41, 5.74) is 30.2. The van der Waals surface area contributed by atoms with Gasteiger partial charge in [0.15, 0.2) is 11.9 Å². The molecule has 0 saturated carbocycles. The Morgan fingerprint density at radius 2 is 1.03 bits per heavy atom. The Hall–Kier alpha value is -11.7. The van der Waals surface area contributed by atoms with E-state index in [-0.39, 0.29) is 107 Å². The fourth-order valence-electron chi connectivity index (χ4n) is 12.1. The van der Waals surface area contributed by atoms with Crippen LogP contribution in [0.4, 0.5) is 4.39 Å². The molecule has 2 heterocycles.